The van der Waals surface area contributed by atoms with E-state index in [-0.39, 0.29) is 5.91 Å². The van der Waals surface area contributed by atoms with Crippen molar-refractivity contribution < 1.29 is 4.79 Å². The maximum Gasteiger partial charge on any atom is 0.251 e. The average molecular weight is 401 g/mol. The van der Waals surface area contributed by atoms with Crippen LogP contribution in [-0.4, -0.2) is 40.6 Å². The Morgan fingerprint density at radius 1 is 1.03 bits per heavy atom. The smallest absolute Gasteiger partial charge is 0.251 e. The second-order valence-corrected chi connectivity index (χ2v) is 6.41. The van der Waals surface area contributed by atoms with Gasteiger partial charge < -0.3 is 15.2 Å². The number of amides is 1. The highest BCUT2D eigenvalue weighted by Crippen LogP contribution is 2.15. The molecule has 3 aromatic heterocycles. The molecule has 0 saturated carbocycles. The van der Waals surface area contributed by atoms with Gasteiger partial charge in [-0.2, -0.15) is 0 Å². The summed E-state index contributed by atoms with van der Waals surface area (Å²) >= 11 is 0. The third-order valence-electron chi connectivity index (χ3n) is 4.40. The van der Waals surface area contributed by atoms with Crippen molar-refractivity contribution in [2.45, 2.75) is 13.1 Å². The van der Waals surface area contributed by atoms with Crippen LogP contribution in [0.3, 0.4) is 0 Å². The second kappa shape index (κ2) is 8.86. The van der Waals surface area contributed by atoms with Crippen molar-refractivity contribution in [3.05, 3.63) is 78.5 Å². The first-order valence-electron chi connectivity index (χ1n) is 9.22. The van der Waals surface area contributed by atoms with Gasteiger partial charge in [0.25, 0.3) is 5.91 Å². The Morgan fingerprint density at radius 2 is 1.97 bits per heavy atom. The van der Waals surface area contributed by atoms with Gasteiger partial charge in [-0.3, -0.25) is 14.8 Å². The van der Waals surface area contributed by atoms with Gasteiger partial charge in [0.05, 0.1) is 25.0 Å². The SMILES string of the molecule is Cn1c(CNc2cccc(C(=O)NCc3cnccn3)c2)nnc1-c1ccncn1. The van der Waals surface area contributed by atoms with Crippen LogP contribution in [0.2, 0.25) is 0 Å². The lowest BCUT2D eigenvalue weighted by Crippen LogP contribution is -2.23. The summed E-state index contributed by atoms with van der Waals surface area (Å²) in [5, 5.41) is 14.5. The van der Waals surface area contributed by atoms with Gasteiger partial charge in [0.2, 0.25) is 0 Å². The number of nitrogens with zero attached hydrogens (tertiary/aromatic N) is 7. The normalized spacial score (nSPS) is 10.6. The van der Waals surface area contributed by atoms with Crippen LogP contribution in [0.15, 0.2) is 61.4 Å². The summed E-state index contributed by atoms with van der Waals surface area (Å²) in [5.74, 6) is 1.21. The number of benzene rings is 1. The number of hydrogen-bond acceptors (Lipinski definition) is 8. The van der Waals surface area contributed by atoms with E-state index in [1.54, 1.807) is 43.0 Å². The van der Waals surface area contributed by atoms with Gasteiger partial charge in [0, 0.05) is 36.9 Å². The molecule has 0 aliphatic carbocycles. The number of rotatable bonds is 7. The maximum absolute atomic E-state index is 12.4. The standard InChI is InChI=1S/C20H19N9O/c1-29-18(27-28-19(29)17-5-6-22-13-26-17)12-24-15-4-2-3-14(9-15)20(30)25-11-16-10-21-7-8-23-16/h2-10,13,24H,11-12H2,1H3,(H,25,30). The Hall–Kier alpha value is -4.21. The van der Waals surface area contributed by atoms with Gasteiger partial charge in [0.1, 0.15) is 12.0 Å². The summed E-state index contributed by atoms with van der Waals surface area (Å²) in [6.07, 6.45) is 7.94. The fourth-order valence-corrected chi connectivity index (χ4v) is 2.81. The first-order chi connectivity index (χ1) is 14.7. The lowest BCUT2D eigenvalue weighted by atomic mass is 10.2. The van der Waals surface area contributed by atoms with Crippen molar-refractivity contribution >= 4 is 11.6 Å². The molecule has 0 bridgehead atoms. The molecule has 1 amide bonds. The summed E-state index contributed by atoms with van der Waals surface area (Å²) in [5.41, 5.74) is 2.74. The molecule has 3 heterocycles. The topological polar surface area (TPSA) is 123 Å². The summed E-state index contributed by atoms with van der Waals surface area (Å²) in [4.78, 5) is 28.7. The molecule has 0 spiro atoms. The summed E-state index contributed by atoms with van der Waals surface area (Å²) in [6.45, 7) is 0.758. The van der Waals surface area contributed by atoms with Crippen LogP contribution in [-0.2, 0) is 20.1 Å². The fraction of sp³-hybridized carbons (Fsp3) is 0.150. The molecule has 0 radical (unpaired) electrons. The summed E-state index contributed by atoms with van der Waals surface area (Å²) in [7, 11) is 1.88. The lowest BCUT2D eigenvalue weighted by Gasteiger charge is -2.09. The van der Waals surface area contributed by atoms with Crippen molar-refractivity contribution in [1.29, 1.82) is 0 Å². The van der Waals surface area contributed by atoms with Crippen LogP contribution in [0, 0.1) is 0 Å². The highest BCUT2D eigenvalue weighted by molar-refractivity contribution is 5.95. The zero-order valence-corrected chi connectivity index (χ0v) is 16.2. The van der Waals surface area contributed by atoms with Gasteiger partial charge in [-0.05, 0) is 24.3 Å². The van der Waals surface area contributed by atoms with Crippen LogP contribution < -0.4 is 10.6 Å². The van der Waals surface area contributed by atoms with Crippen molar-refractivity contribution in [1.82, 2.24) is 40.0 Å². The van der Waals surface area contributed by atoms with E-state index in [1.807, 2.05) is 23.7 Å². The molecule has 2 N–H and O–H groups in total. The van der Waals surface area contributed by atoms with Gasteiger partial charge in [-0.25, -0.2) is 9.97 Å². The third kappa shape index (κ3) is 4.43. The first kappa shape index (κ1) is 19.1. The molecule has 0 unspecified atom stereocenters. The molecule has 0 fully saturated rings. The van der Waals surface area contributed by atoms with Crippen LogP contribution in [0.5, 0.6) is 0 Å². The Balaban J connectivity index is 1.39. The van der Waals surface area contributed by atoms with Crippen molar-refractivity contribution in [3.63, 3.8) is 0 Å². The van der Waals surface area contributed by atoms with E-state index in [4.69, 9.17) is 0 Å². The molecule has 1 aromatic carbocycles. The fourth-order valence-electron chi connectivity index (χ4n) is 2.81. The zero-order chi connectivity index (χ0) is 20.8. The quantitative estimate of drug-likeness (QED) is 0.479. The molecular weight excluding hydrogens is 382 g/mol. The number of carbonyl (C=O) groups excluding carboxylic acids is 1. The van der Waals surface area contributed by atoms with E-state index < -0.39 is 0 Å². The minimum Gasteiger partial charge on any atom is -0.378 e. The molecule has 4 aromatic rings. The van der Waals surface area contributed by atoms with Crippen LogP contribution in [0.1, 0.15) is 21.9 Å². The van der Waals surface area contributed by atoms with Gasteiger partial charge in [-0.1, -0.05) is 6.07 Å². The summed E-state index contributed by atoms with van der Waals surface area (Å²) in [6, 6.07) is 9.04. The molecule has 30 heavy (non-hydrogen) atoms. The molecule has 0 atom stereocenters. The van der Waals surface area contributed by atoms with Crippen molar-refractivity contribution in [2.75, 3.05) is 5.32 Å². The monoisotopic (exact) mass is 401 g/mol. The highest BCUT2D eigenvalue weighted by Gasteiger charge is 2.12. The predicted molar refractivity (Wildman–Crippen MR) is 109 cm³/mol. The number of aromatic nitrogens is 7. The number of hydrogen-bond donors (Lipinski definition) is 2. The van der Waals surface area contributed by atoms with Crippen LogP contribution >= 0.6 is 0 Å². The van der Waals surface area contributed by atoms with Crippen molar-refractivity contribution in [3.8, 4) is 11.5 Å². The average Bonchev–Trinajstić information content (AvgIpc) is 3.17. The first-order valence-corrected chi connectivity index (χ1v) is 9.22. The molecule has 0 saturated heterocycles. The minimum atomic E-state index is -0.186. The summed E-state index contributed by atoms with van der Waals surface area (Å²) < 4.78 is 1.87. The van der Waals surface area contributed by atoms with Gasteiger partial charge in [0.15, 0.2) is 11.6 Å². The number of carbonyl (C=O) groups is 1. The lowest BCUT2D eigenvalue weighted by molar-refractivity contribution is 0.0950. The Bertz CT molecular complexity index is 1130. The molecule has 10 nitrogen and oxygen atoms in total. The van der Waals surface area contributed by atoms with E-state index in [9.17, 15) is 4.79 Å². The Morgan fingerprint density at radius 3 is 2.77 bits per heavy atom. The largest absolute Gasteiger partial charge is 0.378 e. The van der Waals surface area contributed by atoms with E-state index >= 15 is 0 Å². The molecular formula is C20H19N9O. The van der Waals surface area contributed by atoms with Gasteiger partial charge >= 0.3 is 0 Å². The van der Waals surface area contributed by atoms with Crippen LogP contribution in [0.25, 0.3) is 11.5 Å². The Labute approximate surface area is 172 Å². The highest BCUT2D eigenvalue weighted by atomic mass is 16.1. The molecule has 4 rings (SSSR count). The zero-order valence-electron chi connectivity index (χ0n) is 16.2. The molecule has 0 aliphatic rings. The van der Waals surface area contributed by atoms with Crippen molar-refractivity contribution in [2.24, 2.45) is 7.05 Å². The van der Waals surface area contributed by atoms with E-state index in [0.29, 0.717) is 35.9 Å². The molecule has 150 valence electrons. The van der Waals surface area contributed by atoms with Gasteiger partial charge in [-0.15, -0.1) is 10.2 Å². The second-order valence-electron chi connectivity index (χ2n) is 6.41. The van der Waals surface area contributed by atoms with E-state index in [2.05, 4.69) is 40.8 Å². The molecule has 10 heteroatoms. The van der Waals surface area contributed by atoms with Crippen LogP contribution in [0.4, 0.5) is 5.69 Å². The third-order valence-corrected chi connectivity index (χ3v) is 4.40. The minimum absolute atomic E-state index is 0.186. The van der Waals surface area contributed by atoms with E-state index in [0.717, 1.165) is 11.5 Å². The number of anilines is 1. The maximum atomic E-state index is 12.4. The van der Waals surface area contributed by atoms with E-state index in [1.165, 1.54) is 6.33 Å². The predicted octanol–water partition coefficient (Wildman–Crippen LogP) is 1.60. The Kier molecular flexibility index (Phi) is 5.65. The number of nitrogens with one attached hydrogen (secondary N) is 2. The molecule has 0 aliphatic heterocycles.